The van der Waals surface area contributed by atoms with Crippen molar-refractivity contribution in [2.75, 3.05) is 40.4 Å². The topological polar surface area (TPSA) is 24.9 Å². The van der Waals surface area contributed by atoms with Crippen molar-refractivity contribution < 1.29 is 9.47 Å². The highest BCUT2D eigenvalue weighted by Gasteiger charge is 2.24. The Labute approximate surface area is 160 Å². The lowest BCUT2D eigenvalue weighted by Gasteiger charge is -2.24. The zero-order chi connectivity index (χ0) is 17.9. The summed E-state index contributed by atoms with van der Waals surface area (Å²) in [4.78, 5) is 6.32. The van der Waals surface area contributed by atoms with E-state index in [9.17, 15) is 0 Å². The summed E-state index contributed by atoms with van der Waals surface area (Å²) in [6.07, 6.45) is 3.93. The second kappa shape index (κ2) is 7.99. The van der Waals surface area contributed by atoms with Crippen LogP contribution in [0.25, 0.3) is 10.4 Å². The molecule has 0 radical (unpaired) electrons. The second-order valence-electron chi connectivity index (χ2n) is 7.33. The lowest BCUT2D eigenvalue weighted by molar-refractivity contribution is 0.197. The summed E-state index contributed by atoms with van der Waals surface area (Å²) >= 11 is 1.76. The van der Waals surface area contributed by atoms with Gasteiger partial charge in [-0.25, -0.2) is 0 Å². The molecule has 1 aromatic heterocycles. The minimum atomic E-state index is 0.724. The van der Waals surface area contributed by atoms with Gasteiger partial charge in [-0.1, -0.05) is 6.07 Å². The van der Waals surface area contributed by atoms with Crippen LogP contribution in [0.3, 0.4) is 0 Å². The van der Waals surface area contributed by atoms with Crippen molar-refractivity contribution in [2.24, 2.45) is 0 Å². The molecule has 4 nitrogen and oxygen atoms in total. The van der Waals surface area contributed by atoms with Crippen LogP contribution in [0.1, 0.15) is 24.8 Å². The molecule has 3 heterocycles. The predicted molar refractivity (Wildman–Crippen MR) is 107 cm³/mol. The highest BCUT2D eigenvalue weighted by Crippen LogP contribution is 2.39. The molecule has 140 valence electrons. The predicted octanol–water partition coefficient (Wildman–Crippen LogP) is 4.10. The van der Waals surface area contributed by atoms with Gasteiger partial charge >= 0.3 is 0 Å². The maximum atomic E-state index is 6.09. The highest BCUT2D eigenvalue weighted by molar-refractivity contribution is 7.13. The highest BCUT2D eigenvalue weighted by atomic mass is 32.1. The Morgan fingerprint density at radius 3 is 2.96 bits per heavy atom. The molecule has 4 rings (SSSR count). The molecule has 2 aromatic rings. The molecular weight excluding hydrogens is 344 g/mol. The second-order valence-corrected chi connectivity index (χ2v) is 8.28. The number of hydrogen-bond acceptors (Lipinski definition) is 5. The Morgan fingerprint density at radius 1 is 1.31 bits per heavy atom. The van der Waals surface area contributed by atoms with Crippen LogP contribution in [-0.4, -0.2) is 56.2 Å². The van der Waals surface area contributed by atoms with Gasteiger partial charge in [-0.3, -0.25) is 4.90 Å². The number of benzene rings is 1. The molecule has 2 aliphatic heterocycles. The number of likely N-dealkylation sites (tertiary alicyclic amines) is 1. The zero-order valence-electron chi connectivity index (χ0n) is 15.7. The molecular formula is C21H28N2O2S. The molecule has 0 N–H and O–H groups in total. The molecule has 0 saturated carbocycles. The van der Waals surface area contributed by atoms with E-state index >= 15 is 0 Å². The number of hydrogen-bond donors (Lipinski definition) is 0. The number of nitrogens with zero attached hydrogens (tertiary/aromatic N) is 2. The van der Waals surface area contributed by atoms with E-state index in [0.29, 0.717) is 0 Å². The van der Waals surface area contributed by atoms with E-state index in [4.69, 9.17) is 9.47 Å². The first-order valence-corrected chi connectivity index (χ1v) is 10.4. The molecule has 0 aliphatic carbocycles. The molecule has 1 fully saturated rings. The van der Waals surface area contributed by atoms with E-state index in [-0.39, 0.29) is 0 Å². The maximum Gasteiger partial charge on any atom is 0.165 e. The minimum absolute atomic E-state index is 0.724. The molecule has 1 atom stereocenters. The summed E-state index contributed by atoms with van der Waals surface area (Å²) in [5.74, 6) is 1.77. The van der Waals surface area contributed by atoms with Crippen molar-refractivity contribution in [2.45, 2.75) is 31.8 Å². The van der Waals surface area contributed by atoms with E-state index in [1.54, 1.807) is 18.4 Å². The average molecular weight is 373 g/mol. The quantitative estimate of drug-likeness (QED) is 0.789. The molecule has 26 heavy (non-hydrogen) atoms. The summed E-state index contributed by atoms with van der Waals surface area (Å²) in [7, 11) is 3.99. The normalized spacial score (nSPS) is 21.2. The first kappa shape index (κ1) is 17.8. The van der Waals surface area contributed by atoms with E-state index in [2.05, 4.69) is 46.5 Å². The first-order valence-electron chi connectivity index (χ1n) is 9.55. The van der Waals surface area contributed by atoms with Crippen molar-refractivity contribution in [3.63, 3.8) is 0 Å². The lowest BCUT2D eigenvalue weighted by Crippen LogP contribution is -2.32. The van der Waals surface area contributed by atoms with Gasteiger partial charge in [0.1, 0.15) is 6.61 Å². The molecule has 0 unspecified atom stereocenters. The van der Waals surface area contributed by atoms with Gasteiger partial charge in [0.25, 0.3) is 0 Å². The van der Waals surface area contributed by atoms with Crippen LogP contribution in [0.4, 0.5) is 0 Å². The molecule has 5 heteroatoms. The number of ether oxygens (including phenoxy) is 2. The average Bonchev–Trinajstić information content (AvgIpc) is 3.27. The Morgan fingerprint density at radius 2 is 2.23 bits per heavy atom. The first-order chi connectivity index (χ1) is 12.7. The van der Waals surface area contributed by atoms with Crippen LogP contribution >= 0.6 is 11.3 Å². The van der Waals surface area contributed by atoms with Gasteiger partial charge in [-0.2, -0.15) is 0 Å². The van der Waals surface area contributed by atoms with Gasteiger partial charge < -0.3 is 14.4 Å². The fraction of sp³-hybridized carbons (Fsp3) is 0.524. The van der Waals surface area contributed by atoms with E-state index < -0.39 is 0 Å². The Kier molecular flexibility index (Phi) is 5.48. The standard InChI is InChI=1S/C21H28N2O2S/c1-22-8-3-5-18(22)7-9-23-10-11-25-21-17(15-23)13-16(14-19(21)24-2)20-6-4-12-26-20/h4,6,12-14,18H,3,5,7-11,15H2,1-2H3/t18-/m1/s1. The number of rotatable bonds is 5. The van der Waals surface area contributed by atoms with Crippen molar-refractivity contribution in [1.82, 2.24) is 9.80 Å². The number of thiophene rings is 1. The molecule has 2 aliphatic rings. The van der Waals surface area contributed by atoms with Crippen LogP contribution in [0, 0.1) is 0 Å². The SMILES string of the molecule is COc1cc(-c2cccs2)cc2c1OCCN(CC[C@H]1CCCN1C)C2. The minimum Gasteiger partial charge on any atom is -0.493 e. The largest absolute Gasteiger partial charge is 0.493 e. The van der Waals surface area contributed by atoms with Gasteiger partial charge in [-0.05, 0) is 62.0 Å². The summed E-state index contributed by atoms with van der Waals surface area (Å²) < 4.78 is 11.7. The summed E-state index contributed by atoms with van der Waals surface area (Å²) in [5.41, 5.74) is 2.46. The molecule has 1 saturated heterocycles. The summed E-state index contributed by atoms with van der Waals surface area (Å²) in [6.45, 7) is 5.01. The van der Waals surface area contributed by atoms with Gasteiger partial charge in [0.15, 0.2) is 11.5 Å². The molecule has 0 bridgehead atoms. The fourth-order valence-electron chi connectivity index (χ4n) is 4.14. The van der Waals surface area contributed by atoms with Gasteiger partial charge in [0.05, 0.1) is 7.11 Å². The molecule has 0 amide bonds. The van der Waals surface area contributed by atoms with Crippen LogP contribution in [-0.2, 0) is 6.54 Å². The van der Waals surface area contributed by atoms with E-state index in [0.717, 1.165) is 43.8 Å². The van der Waals surface area contributed by atoms with Gasteiger partial charge in [0, 0.05) is 36.1 Å². The van der Waals surface area contributed by atoms with Crippen LogP contribution in [0.2, 0.25) is 0 Å². The van der Waals surface area contributed by atoms with E-state index in [1.807, 2.05) is 0 Å². The summed E-state index contributed by atoms with van der Waals surface area (Å²) in [6, 6.07) is 9.39. The number of methoxy groups -OCH3 is 1. The number of fused-ring (bicyclic) bond motifs is 1. The Hall–Kier alpha value is -1.56. The third-order valence-corrected chi connectivity index (χ3v) is 6.57. The third-order valence-electron chi connectivity index (χ3n) is 5.66. The van der Waals surface area contributed by atoms with Gasteiger partial charge in [-0.15, -0.1) is 11.3 Å². The monoisotopic (exact) mass is 372 g/mol. The zero-order valence-corrected chi connectivity index (χ0v) is 16.6. The molecule has 0 spiro atoms. The van der Waals surface area contributed by atoms with Crippen molar-refractivity contribution in [1.29, 1.82) is 0 Å². The Bertz CT molecular complexity index is 732. The smallest absolute Gasteiger partial charge is 0.165 e. The maximum absolute atomic E-state index is 6.09. The van der Waals surface area contributed by atoms with Crippen molar-refractivity contribution in [3.05, 3.63) is 35.2 Å². The van der Waals surface area contributed by atoms with Crippen molar-refractivity contribution >= 4 is 11.3 Å². The van der Waals surface area contributed by atoms with Crippen LogP contribution < -0.4 is 9.47 Å². The van der Waals surface area contributed by atoms with E-state index in [1.165, 1.54) is 41.8 Å². The van der Waals surface area contributed by atoms with Crippen LogP contribution in [0.15, 0.2) is 29.6 Å². The fourth-order valence-corrected chi connectivity index (χ4v) is 4.86. The third kappa shape index (κ3) is 3.75. The van der Waals surface area contributed by atoms with Crippen molar-refractivity contribution in [3.8, 4) is 21.9 Å². The van der Waals surface area contributed by atoms with Crippen LogP contribution in [0.5, 0.6) is 11.5 Å². The Balaban J connectivity index is 1.53. The lowest BCUT2D eigenvalue weighted by atomic mass is 10.1. The van der Waals surface area contributed by atoms with Gasteiger partial charge in [0.2, 0.25) is 0 Å². The molecule has 1 aromatic carbocycles. The summed E-state index contributed by atoms with van der Waals surface area (Å²) in [5, 5.41) is 2.12.